The van der Waals surface area contributed by atoms with Crippen LogP contribution in [-0.4, -0.2) is 17.8 Å². The van der Waals surface area contributed by atoms with Crippen LogP contribution < -0.4 is 10.6 Å². The van der Waals surface area contributed by atoms with Crippen molar-refractivity contribution in [3.8, 4) is 0 Å². The smallest absolute Gasteiger partial charge is 0.107 e. The molecule has 2 aromatic carbocycles. The van der Waals surface area contributed by atoms with E-state index < -0.39 is 0 Å². The average molecular weight is 316 g/mol. The Labute approximate surface area is 136 Å². The van der Waals surface area contributed by atoms with Gasteiger partial charge in [-0.05, 0) is 44.4 Å². The molecule has 2 aromatic rings. The lowest BCUT2D eigenvalue weighted by atomic mass is 10.1. The van der Waals surface area contributed by atoms with Gasteiger partial charge < -0.3 is 10.6 Å². The topological polar surface area (TPSA) is 29.3 Å². The van der Waals surface area contributed by atoms with Crippen LogP contribution in [0.2, 0.25) is 0 Å². The lowest BCUT2D eigenvalue weighted by molar-refractivity contribution is 1.02. The van der Waals surface area contributed by atoms with Crippen LogP contribution >= 0.6 is 24.0 Å². The molecule has 2 N–H and O–H groups in total. The average Bonchev–Trinajstić information content (AvgIpc) is 2.49. The summed E-state index contributed by atoms with van der Waals surface area (Å²) in [5.41, 5.74) is 10.4. The number of thioether (sulfide) groups is 1. The molecule has 0 radical (unpaired) electrons. The van der Waals surface area contributed by atoms with Gasteiger partial charge in [-0.25, -0.2) is 0 Å². The highest BCUT2D eigenvalue weighted by molar-refractivity contribution is 7.98. The number of thiocarbonyl (C=S) groups is 1. The van der Waals surface area contributed by atoms with E-state index in [0.29, 0.717) is 4.99 Å². The summed E-state index contributed by atoms with van der Waals surface area (Å²) in [6, 6.07) is 14.7. The number of anilines is 2. The van der Waals surface area contributed by atoms with Crippen LogP contribution in [0.15, 0.2) is 47.4 Å². The summed E-state index contributed by atoms with van der Waals surface area (Å²) < 4.78 is 0. The molecule has 0 saturated heterocycles. The van der Waals surface area contributed by atoms with Crippen LogP contribution in [0.4, 0.5) is 11.4 Å². The summed E-state index contributed by atoms with van der Waals surface area (Å²) in [7, 11) is 0. The molecule has 110 valence electrons. The van der Waals surface area contributed by atoms with Gasteiger partial charge in [0, 0.05) is 22.7 Å². The normalized spacial score (nSPS) is 10.4. The monoisotopic (exact) mass is 316 g/mol. The molecule has 0 bridgehead atoms. The molecule has 0 heterocycles. The molecule has 0 aliphatic heterocycles. The second-order valence-electron chi connectivity index (χ2n) is 4.80. The molecule has 0 atom stereocenters. The van der Waals surface area contributed by atoms with Gasteiger partial charge in [0.1, 0.15) is 4.99 Å². The Balaban J connectivity index is 2.57. The maximum absolute atomic E-state index is 5.98. The number of nitrogens with zero attached hydrogens (tertiary/aromatic N) is 1. The van der Waals surface area contributed by atoms with Gasteiger partial charge in [0.25, 0.3) is 0 Å². The molecule has 0 aromatic heterocycles. The number of hydrogen-bond donors (Lipinski definition) is 1. The minimum atomic E-state index is 0.445. The van der Waals surface area contributed by atoms with E-state index in [2.05, 4.69) is 61.2 Å². The van der Waals surface area contributed by atoms with Crippen molar-refractivity contribution in [2.24, 2.45) is 5.73 Å². The zero-order valence-corrected chi connectivity index (χ0v) is 14.2. The highest BCUT2D eigenvalue weighted by Gasteiger charge is 2.16. The number of hydrogen-bond acceptors (Lipinski definition) is 3. The van der Waals surface area contributed by atoms with Crippen molar-refractivity contribution in [1.29, 1.82) is 0 Å². The molecule has 0 fully saturated rings. The van der Waals surface area contributed by atoms with E-state index in [1.165, 1.54) is 5.56 Å². The molecular weight excluding hydrogens is 296 g/mol. The number of nitrogens with two attached hydrogens (primary N) is 1. The molecule has 0 aliphatic carbocycles. The van der Waals surface area contributed by atoms with Crippen LogP contribution in [0.5, 0.6) is 0 Å². The van der Waals surface area contributed by atoms with E-state index in [1.54, 1.807) is 11.8 Å². The van der Waals surface area contributed by atoms with Crippen LogP contribution in [0.25, 0.3) is 0 Å². The van der Waals surface area contributed by atoms with Gasteiger partial charge >= 0.3 is 0 Å². The maximum atomic E-state index is 5.98. The van der Waals surface area contributed by atoms with E-state index in [1.807, 2.05) is 6.26 Å². The molecule has 0 amide bonds. The molecule has 2 nitrogen and oxygen atoms in total. The van der Waals surface area contributed by atoms with Crippen molar-refractivity contribution in [2.45, 2.75) is 18.7 Å². The van der Waals surface area contributed by atoms with Crippen LogP contribution in [0, 0.1) is 6.92 Å². The SMILES string of the molecule is CCN(c1ccc(C)cc1)c1cccc(SC)c1C(N)=S. The molecule has 0 spiro atoms. The fourth-order valence-corrected chi connectivity index (χ4v) is 3.29. The zero-order chi connectivity index (χ0) is 15.4. The van der Waals surface area contributed by atoms with Gasteiger partial charge in [-0.15, -0.1) is 11.8 Å². The van der Waals surface area contributed by atoms with Crippen LogP contribution in [0.3, 0.4) is 0 Å². The number of aryl methyl sites for hydroxylation is 1. The quantitative estimate of drug-likeness (QED) is 0.649. The van der Waals surface area contributed by atoms with Crippen molar-refractivity contribution in [3.63, 3.8) is 0 Å². The van der Waals surface area contributed by atoms with E-state index in [-0.39, 0.29) is 0 Å². The van der Waals surface area contributed by atoms with Gasteiger partial charge in [0.05, 0.1) is 5.69 Å². The molecule has 0 saturated carbocycles. The first-order valence-electron chi connectivity index (χ1n) is 6.89. The number of rotatable bonds is 5. The van der Waals surface area contributed by atoms with Crippen molar-refractivity contribution < 1.29 is 0 Å². The molecule has 21 heavy (non-hydrogen) atoms. The van der Waals surface area contributed by atoms with E-state index in [0.717, 1.165) is 28.4 Å². The fourth-order valence-electron chi connectivity index (χ4n) is 2.38. The van der Waals surface area contributed by atoms with Gasteiger partial charge in [-0.3, -0.25) is 0 Å². The molecule has 4 heteroatoms. The summed E-state index contributed by atoms with van der Waals surface area (Å²) in [5, 5.41) is 0. The summed E-state index contributed by atoms with van der Waals surface area (Å²) in [5.74, 6) is 0. The van der Waals surface area contributed by atoms with E-state index >= 15 is 0 Å². The first-order chi connectivity index (χ1) is 10.1. The van der Waals surface area contributed by atoms with E-state index in [9.17, 15) is 0 Å². The lowest BCUT2D eigenvalue weighted by Crippen LogP contribution is -2.22. The Kier molecular flexibility index (Phi) is 5.26. The molecular formula is C17H20N2S2. The minimum Gasteiger partial charge on any atom is -0.389 e. The molecule has 0 unspecified atom stereocenters. The maximum Gasteiger partial charge on any atom is 0.107 e. The van der Waals surface area contributed by atoms with Crippen molar-refractivity contribution in [1.82, 2.24) is 0 Å². The second kappa shape index (κ2) is 6.96. The summed E-state index contributed by atoms with van der Waals surface area (Å²) in [6.07, 6.45) is 2.04. The van der Waals surface area contributed by atoms with Gasteiger partial charge in [-0.2, -0.15) is 0 Å². The predicted molar refractivity (Wildman–Crippen MR) is 98.0 cm³/mol. The van der Waals surface area contributed by atoms with Crippen molar-refractivity contribution in [2.75, 3.05) is 17.7 Å². The zero-order valence-electron chi connectivity index (χ0n) is 12.6. The van der Waals surface area contributed by atoms with Gasteiger partial charge in [0.15, 0.2) is 0 Å². The van der Waals surface area contributed by atoms with Gasteiger partial charge in [0.2, 0.25) is 0 Å². The highest BCUT2D eigenvalue weighted by atomic mass is 32.2. The Hall–Kier alpha value is -1.52. The molecule has 0 aliphatic rings. The minimum absolute atomic E-state index is 0.445. The number of benzene rings is 2. The largest absolute Gasteiger partial charge is 0.389 e. The third-order valence-corrected chi connectivity index (χ3v) is 4.41. The second-order valence-corrected chi connectivity index (χ2v) is 6.09. The van der Waals surface area contributed by atoms with Crippen LogP contribution in [0.1, 0.15) is 18.1 Å². The van der Waals surface area contributed by atoms with Crippen molar-refractivity contribution in [3.05, 3.63) is 53.6 Å². The van der Waals surface area contributed by atoms with Crippen molar-refractivity contribution >= 4 is 40.3 Å². The Morgan fingerprint density at radius 3 is 2.38 bits per heavy atom. The third-order valence-electron chi connectivity index (χ3n) is 3.42. The summed E-state index contributed by atoms with van der Waals surface area (Å²) in [6.45, 7) is 5.08. The Bertz CT molecular complexity index is 636. The molecule has 2 rings (SSSR count). The Morgan fingerprint density at radius 2 is 1.86 bits per heavy atom. The highest BCUT2D eigenvalue weighted by Crippen LogP contribution is 2.33. The fraction of sp³-hybridized carbons (Fsp3) is 0.235. The third kappa shape index (κ3) is 3.39. The van der Waals surface area contributed by atoms with E-state index in [4.69, 9.17) is 18.0 Å². The first-order valence-corrected chi connectivity index (χ1v) is 8.52. The van der Waals surface area contributed by atoms with Crippen LogP contribution in [-0.2, 0) is 0 Å². The Morgan fingerprint density at radius 1 is 1.19 bits per heavy atom. The first kappa shape index (κ1) is 15.9. The predicted octanol–water partition coefficient (Wildman–Crippen LogP) is 4.51. The summed E-state index contributed by atoms with van der Waals surface area (Å²) >= 11 is 6.95. The standard InChI is InChI=1S/C17H20N2S2/c1-4-19(13-10-8-12(2)9-11-13)14-6-5-7-15(21-3)16(14)17(18)20/h5-11H,4H2,1-3H3,(H2,18,20). The summed E-state index contributed by atoms with van der Waals surface area (Å²) in [4.78, 5) is 3.80. The van der Waals surface area contributed by atoms with Gasteiger partial charge in [-0.1, -0.05) is 36.0 Å². The lowest BCUT2D eigenvalue weighted by Gasteiger charge is -2.27.